The first-order chi connectivity index (χ1) is 11.7. The number of urea groups is 1. The van der Waals surface area contributed by atoms with Gasteiger partial charge in [-0.2, -0.15) is 0 Å². The summed E-state index contributed by atoms with van der Waals surface area (Å²) in [5.74, 6) is 1.19. The molecule has 1 aliphatic heterocycles. The van der Waals surface area contributed by atoms with Gasteiger partial charge in [-0.15, -0.1) is 0 Å². The van der Waals surface area contributed by atoms with Crippen molar-refractivity contribution < 1.29 is 14.6 Å². The number of rotatable bonds is 5. The Morgan fingerprint density at radius 2 is 1.88 bits per heavy atom. The Bertz CT molecular complexity index is 675. The van der Waals surface area contributed by atoms with Gasteiger partial charge < -0.3 is 20.5 Å². The predicted molar refractivity (Wildman–Crippen MR) is 91.9 cm³/mol. The van der Waals surface area contributed by atoms with Gasteiger partial charge in [0.1, 0.15) is 5.75 Å². The predicted octanol–water partition coefficient (Wildman–Crippen LogP) is 2.27. The number of nitrogens with one attached hydrogen (secondary N) is 2. The van der Waals surface area contributed by atoms with Gasteiger partial charge in [-0.3, -0.25) is 0 Å². The summed E-state index contributed by atoms with van der Waals surface area (Å²) >= 11 is 0. The second kappa shape index (κ2) is 7.84. The first-order valence-electron chi connectivity index (χ1n) is 8.18. The second-order valence-electron chi connectivity index (χ2n) is 6.01. The number of carbonyl (C=O) groups is 1. The van der Waals surface area contributed by atoms with Crippen LogP contribution in [0.5, 0.6) is 5.75 Å². The highest BCUT2D eigenvalue weighted by Gasteiger charge is 2.20. The van der Waals surface area contributed by atoms with Crippen LogP contribution in [0.3, 0.4) is 0 Å². The van der Waals surface area contributed by atoms with E-state index in [4.69, 9.17) is 4.74 Å². The molecule has 0 aromatic heterocycles. The van der Waals surface area contributed by atoms with Crippen LogP contribution in [0.1, 0.15) is 17.2 Å². The number of benzene rings is 2. The van der Waals surface area contributed by atoms with Gasteiger partial charge >= 0.3 is 6.03 Å². The minimum atomic E-state index is -0.707. The van der Waals surface area contributed by atoms with Crippen LogP contribution in [0, 0.1) is 5.92 Å². The van der Waals surface area contributed by atoms with Crippen molar-refractivity contribution in [2.45, 2.75) is 12.5 Å². The van der Waals surface area contributed by atoms with E-state index in [2.05, 4.69) is 16.7 Å². The van der Waals surface area contributed by atoms with E-state index in [1.54, 1.807) is 0 Å². The van der Waals surface area contributed by atoms with Gasteiger partial charge in [-0.1, -0.05) is 48.5 Å². The van der Waals surface area contributed by atoms with Crippen LogP contribution < -0.4 is 15.4 Å². The number of carbonyl (C=O) groups excluding carboxylic acids is 1. The van der Waals surface area contributed by atoms with Crippen molar-refractivity contribution in [1.29, 1.82) is 0 Å². The fourth-order valence-electron chi connectivity index (χ4n) is 2.80. The summed E-state index contributed by atoms with van der Waals surface area (Å²) in [6.07, 6.45) is 0.185. The van der Waals surface area contributed by atoms with Crippen LogP contribution in [-0.4, -0.2) is 30.8 Å². The van der Waals surface area contributed by atoms with E-state index in [1.165, 1.54) is 5.56 Å². The fraction of sp³-hybridized carbons (Fsp3) is 0.316. The van der Waals surface area contributed by atoms with E-state index >= 15 is 0 Å². The lowest BCUT2D eigenvalue weighted by molar-refractivity contribution is 0.171. The highest BCUT2D eigenvalue weighted by atomic mass is 16.5. The molecule has 5 nitrogen and oxygen atoms in total. The van der Waals surface area contributed by atoms with Crippen molar-refractivity contribution in [3.05, 3.63) is 65.7 Å². The maximum atomic E-state index is 11.9. The summed E-state index contributed by atoms with van der Waals surface area (Å²) in [5.41, 5.74) is 1.96. The van der Waals surface area contributed by atoms with Gasteiger partial charge in [-0.25, -0.2) is 4.79 Å². The lowest BCUT2D eigenvalue weighted by atomic mass is 9.97. The molecule has 3 rings (SSSR count). The van der Waals surface area contributed by atoms with Crippen molar-refractivity contribution >= 4 is 6.03 Å². The van der Waals surface area contributed by atoms with E-state index in [-0.39, 0.29) is 18.5 Å². The molecule has 0 bridgehead atoms. The van der Waals surface area contributed by atoms with Crippen molar-refractivity contribution in [1.82, 2.24) is 10.6 Å². The average Bonchev–Trinajstić information content (AvgIpc) is 2.65. The Hall–Kier alpha value is -2.53. The van der Waals surface area contributed by atoms with Crippen LogP contribution in [0.25, 0.3) is 0 Å². The zero-order chi connectivity index (χ0) is 16.8. The molecular weight excluding hydrogens is 304 g/mol. The smallest absolute Gasteiger partial charge is 0.314 e. The molecule has 1 aliphatic rings. The number of amides is 2. The zero-order valence-electron chi connectivity index (χ0n) is 13.4. The van der Waals surface area contributed by atoms with Crippen LogP contribution in [0.15, 0.2) is 54.6 Å². The number of aliphatic hydroxyl groups excluding tert-OH is 1. The standard InChI is InChI=1S/C19H22N2O3/c22-17(15-6-2-1-3-7-15)12-21-19(23)20-11-14-10-16-8-4-5-9-18(16)24-13-14/h1-9,14,17,22H,10-13H2,(H2,20,21,23)/t14-,17+/m0/s1. The first-order valence-corrected chi connectivity index (χ1v) is 8.18. The monoisotopic (exact) mass is 326 g/mol. The minimum Gasteiger partial charge on any atom is -0.493 e. The molecule has 0 unspecified atom stereocenters. The van der Waals surface area contributed by atoms with Crippen molar-refractivity contribution in [2.75, 3.05) is 19.7 Å². The molecule has 5 heteroatoms. The molecule has 0 saturated heterocycles. The SMILES string of the molecule is O=C(NC[C@H]1COc2ccccc2C1)NC[C@@H](O)c1ccccc1. The minimum absolute atomic E-state index is 0.180. The Morgan fingerprint density at radius 3 is 2.71 bits per heavy atom. The highest BCUT2D eigenvalue weighted by molar-refractivity contribution is 5.73. The number of ether oxygens (including phenoxy) is 1. The summed E-state index contributed by atoms with van der Waals surface area (Å²) in [6.45, 7) is 1.32. The van der Waals surface area contributed by atoms with Gasteiger partial charge in [0.25, 0.3) is 0 Å². The Balaban J connectivity index is 1.40. The first kappa shape index (κ1) is 16.3. The number of para-hydroxylation sites is 1. The average molecular weight is 326 g/mol. The normalized spacial score (nSPS) is 17.3. The molecule has 2 aromatic carbocycles. The van der Waals surface area contributed by atoms with Crippen molar-refractivity contribution in [2.24, 2.45) is 5.92 Å². The number of aliphatic hydroxyl groups is 1. The largest absolute Gasteiger partial charge is 0.493 e. The fourth-order valence-corrected chi connectivity index (χ4v) is 2.80. The van der Waals surface area contributed by atoms with Gasteiger partial charge in [0.05, 0.1) is 12.7 Å². The van der Waals surface area contributed by atoms with Crippen molar-refractivity contribution in [3.8, 4) is 5.75 Å². The number of hydrogen-bond donors (Lipinski definition) is 3. The molecule has 3 N–H and O–H groups in total. The van der Waals surface area contributed by atoms with Gasteiger partial charge in [0.2, 0.25) is 0 Å². The number of hydrogen-bond acceptors (Lipinski definition) is 3. The quantitative estimate of drug-likeness (QED) is 0.789. The van der Waals surface area contributed by atoms with Gasteiger partial charge in [0, 0.05) is 19.0 Å². The Morgan fingerprint density at radius 1 is 1.12 bits per heavy atom. The third-order valence-corrected chi connectivity index (χ3v) is 4.15. The van der Waals surface area contributed by atoms with Crippen molar-refractivity contribution in [3.63, 3.8) is 0 Å². The molecule has 24 heavy (non-hydrogen) atoms. The lowest BCUT2D eigenvalue weighted by Crippen LogP contribution is -2.42. The summed E-state index contributed by atoms with van der Waals surface area (Å²) in [5, 5.41) is 15.6. The third-order valence-electron chi connectivity index (χ3n) is 4.15. The zero-order valence-corrected chi connectivity index (χ0v) is 13.4. The molecule has 0 spiro atoms. The summed E-state index contributed by atoms with van der Waals surface area (Å²) < 4.78 is 5.71. The van der Waals surface area contributed by atoms with Crippen LogP contribution >= 0.6 is 0 Å². The molecule has 126 valence electrons. The summed E-state index contributed by atoms with van der Waals surface area (Å²) in [6, 6.07) is 17.0. The molecule has 0 fully saturated rings. The maximum Gasteiger partial charge on any atom is 0.314 e. The van der Waals surface area contributed by atoms with E-state index in [9.17, 15) is 9.90 Å². The summed E-state index contributed by atoms with van der Waals surface area (Å²) in [4.78, 5) is 11.9. The molecule has 2 amide bonds. The van der Waals surface area contributed by atoms with E-state index < -0.39 is 6.10 Å². The van der Waals surface area contributed by atoms with Crippen LogP contribution in [-0.2, 0) is 6.42 Å². The summed E-state index contributed by atoms with van der Waals surface area (Å²) in [7, 11) is 0. The van der Waals surface area contributed by atoms with Gasteiger partial charge in [0.15, 0.2) is 0 Å². The van der Waals surface area contributed by atoms with Gasteiger partial charge in [-0.05, 0) is 23.6 Å². The van der Waals surface area contributed by atoms with E-state index in [1.807, 2.05) is 48.5 Å². The lowest BCUT2D eigenvalue weighted by Gasteiger charge is -2.25. The van der Waals surface area contributed by atoms with Crippen LogP contribution in [0.4, 0.5) is 4.79 Å². The third kappa shape index (κ3) is 4.26. The van der Waals surface area contributed by atoms with E-state index in [0.717, 1.165) is 17.7 Å². The Labute approximate surface area is 141 Å². The molecule has 1 heterocycles. The molecular formula is C19H22N2O3. The van der Waals surface area contributed by atoms with E-state index in [0.29, 0.717) is 13.2 Å². The molecule has 0 aliphatic carbocycles. The molecule has 2 atom stereocenters. The highest BCUT2D eigenvalue weighted by Crippen LogP contribution is 2.26. The molecule has 0 radical (unpaired) electrons. The topological polar surface area (TPSA) is 70.6 Å². The Kier molecular flexibility index (Phi) is 5.33. The second-order valence-corrected chi connectivity index (χ2v) is 6.01. The number of fused-ring (bicyclic) bond motifs is 1. The maximum absolute atomic E-state index is 11.9. The molecule has 2 aromatic rings. The van der Waals surface area contributed by atoms with Crippen LogP contribution in [0.2, 0.25) is 0 Å². The molecule has 0 saturated carbocycles.